The van der Waals surface area contributed by atoms with Gasteiger partial charge < -0.3 is 15.0 Å². The van der Waals surface area contributed by atoms with Crippen molar-refractivity contribution >= 4 is 5.91 Å². The highest BCUT2D eigenvalue weighted by atomic mass is 19.1. The lowest BCUT2D eigenvalue weighted by atomic mass is 10.1. The van der Waals surface area contributed by atoms with E-state index in [1.54, 1.807) is 4.90 Å². The smallest absolute Gasteiger partial charge is 0.260 e. The van der Waals surface area contributed by atoms with Gasteiger partial charge in [0.05, 0.1) is 11.7 Å². The third kappa shape index (κ3) is 3.67. The van der Waals surface area contributed by atoms with E-state index in [-0.39, 0.29) is 24.4 Å². The van der Waals surface area contributed by atoms with Gasteiger partial charge in [-0.05, 0) is 43.7 Å². The second-order valence-electron chi connectivity index (χ2n) is 6.66. The van der Waals surface area contributed by atoms with Gasteiger partial charge in [0.1, 0.15) is 17.4 Å². The number of hydrogen-bond acceptors (Lipinski definition) is 5. The molecular formula is C19H21FN4O2. The van der Waals surface area contributed by atoms with E-state index in [0.29, 0.717) is 18.8 Å². The third-order valence-corrected chi connectivity index (χ3v) is 4.85. The number of rotatable bonds is 4. The molecule has 0 bridgehead atoms. The molecule has 7 heteroatoms. The van der Waals surface area contributed by atoms with Gasteiger partial charge >= 0.3 is 0 Å². The maximum Gasteiger partial charge on any atom is 0.260 e. The van der Waals surface area contributed by atoms with Gasteiger partial charge in [-0.25, -0.2) is 14.4 Å². The van der Waals surface area contributed by atoms with Gasteiger partial charge in [-0.2, -0.15) is 0 Å². The highest BCUT2D eigenvalue weighted by Crippen LogP contribution is 2.23. The Morgan fingerprint density at radius 1 is 1.35 bits per heavy atom. The van der Waals surface area contributed by atoms with Gasteiger partial charge in [0.2, 0.25) is 0 Å². The van der Waals surface area contributed by atoms with Crippen LogP contribution in [0.2, 0.25) is 0 Å². The Balaban J connectivity index is 1.36. The SMILES string of the molecule is O=C(COc1ccc(F)cc1)N1CCc2nc([C@@H]3CCCN3)ncc2C1. The minimum atomic E-state index is -0.330. The number of ether oxygens (including phenoxy) is 1. The molecule has 0 aliphatic carbocycles. The first-order chi connectivity index (χ1) is 12.7. The molecule has 1 saturated heterocycles. The molecule has 1 N–H and O–H groups in total. The number of nitrogens with one attached hydrogen (secondary N) is 1. The Labute approximate surface area is 151 Å². The fraction of sp³-hybridized carbons (Fsp3) is 0.421. The monoisotopic (exact) mass is 356 g/mol. The normalized spacial score (nSPS) is 19.3. The lowest BCUT2D eigenvalue weighted by Gasteiger charge is -2.28. The Morgan fingerprint density at radius 2 is 2.19 bits per heavy atom. The van der Waals surface area contributed by atoms with Crippen molar-refractivity contribution < 1.29 is 13.9 Å². The van der Waals surface area contributed by atoms with Crippen molar-refractivity contribution in [1.29, 1.82) is 0 Å². The highest BCUT2D eigenvalue weighted by molar-refractivity contribution is 5.78. The van der Waals surface area contributed by atoms with Crippen LogP contribution in [0.1, 0.15) is 36.0 Å². The number of aromatic nitrogens is 2. The number of halogens is 1. The van der Waals surface area contributed by atoms with Crippen molar-refractivity contribution in [3.8, 4) is 5.75 Å². The van der Waals surface area contributed by atoms with E-state index in [2.05, 4.69) is 10.3 Å². The minimum absolute atomic E-state index is 0.0636. The van der Waals surface area contributed by atoms with E-state index in [9.17, 15) is 9.18 Å². The molecule has 1 fully saturated rings. The summed E-state index contributed by atoms with van der Waals surface area (Å²) in [5.41, 5.74) is 2.03. The molecule has 0 unspecified atom stereocenters. The van der Waals surface area contributed by atoms with Crippen molar-refractivity contribution in [2.45, 2.75) is 31.8 Å². The number of nitrogens with zero attached hydrogens (tertiary/aromatic N) is 3. The number of benzene rings is 1. The van der Waals surface area contributed by atoms with E-state index in [1.807, 2.05) is 6.20 Å². The summed E-state index contributed by atoms with van der Waals surface area (Å²) in [5.74, 6) is 0.917. The maximum atomic E-state index is 12.9. The van der Waals surface area contributed by atoms with Gasteiger partial charge in [-0.3, -0.25) is 4.79 Å². The summed E-state index contributed by atoms with van der Waals surface area (Å²) in [4.78, 5) is 23.4. The molecule has 6 nitrogen and oxygen atoms in total. The predicted molar refractivity (Wildman–Crippen MR) is 93.0 cm³/mol. The summed E-state index contributed by atoms with van der Waals surface area (Å²) >= 11 is 0. The van der Waals surface area contributed by atoms with Crippen LogP contribution in [0.4, 0.5) is 4.39 Å². The first-order valence-corrected chi connectivity index (χ1v) is 8.93. The van der Waals surface area contributed by atoms with Crippen LogP contribution in [0.25, 0.3) is 0 Å². The maximum absolute atomic E-state index is 12.9. The molecule has 0 saturated carbocycles. The molecule has 4 rings (SSSR count). The minimum Gasteiger partial charge on any atom is -0.484 e. The lowest BCUT2D eigenvalue weighted by Crippen LogP contribution is -2.39. The molecule has 0 spiro atoms. The zero-order chi connectivity index (χ0) is 17.9. The summed E-state index contributed by atoms with van der Waals surface area (Å²) < 4.78 is 18.4. The molecule has 136 valence electrons. The molecule has 1 aromatic carbocycles. The van der Waals surface area contributed by atoms with Gasteiger partial charge in [0.25, 0.3) is 5.91 Å². The molecule has 1 aromatic heterocycles. The van der Waals surface area contributed by atoms with Crippen LogP contribution < -0.4 is 10.1 Å². The van der Waals surface area contributed by atoms with Gasteiger partial charge in [-0.1, -0.05) is 0 Å². The van der Waals surface area contributed by atoms with Crippen molar-refractivity contribution in [3.63, 3.8) is 0 Å². The van der Waals surface area contributed by atoms with Crippen LogP contribution in [0.3, 0.4) is 0 Å². The molecular weight excluding hydrogens is 335 g/mol. The summed E-state index contributed by atoms with van der Waals surface area (Å²) in [6, 6.07) is 5.90. The largest absolute Gasteiger partial charge is 0.484 e. The number of amides is 1. The first-order valence-electron chi connectivity index (χ1n) is 8.93. The first kappa shape index (κ1) is 16.9. The fourth-order valence-corrected chi connectivity index (χ4v) is 3.38. The zero-order valence-corrected chi connectivity index (χ0v) is 14.4. The van der Waals surface area contributed by atoms with E-state index < -0.39 is 0 Å². The average Bonchev–Trinajstić information content (AvgIpc) is 3.21. The second-order valence-corrected chi connectivity index (χ2v) is 6.66. The van der Waals surface area contributed by atoms with Crippen molar-refractivity contribution in [3.05, 3.63) is 53.4 Å². The summed E-state index contributed by atoms with van der Waals surface area (Å²) in [6.07, 6.45) is 4.80. The van der Waals surface area contributed by atoms with Crippen molar-refractivity contribution in [2.75, 3.05) is 19.7 Å². The van der Waals surface area contributed by atoms with E-state index in [1.165, 1.54) is 24.3 Å². The van der Waals surface area contributed by atoms with E-state index >= 15 is 0 Å². The molecule has 2 aliphatic heterocycles. The molecule has 3 heterocycles. The molecule has 2 aliphatic rings. The molecule has 1 amide bonds. The van der Waals surface area contributed by atoms with Crippen LogP contribution >= 0.6 is 0 Å². The number of carbonyl (C=O) groups excluding carboxylic acids is 1. The van der Waals surface area contributed by atoms with Gasteiger partial charge in [0, 0.05) is 31.3 Å². The summed E-state index contributed by atoms with van der Waals surface area (Å²) in [6.45, 7) is 2.07. The average molecular weight is 356 g/mol. The highest BCUT2D eigenvalue weighted by Gasteiger charge is 2.25. The van der Waals surface area contributed by atoms with Crippen molar-refractivity contribution in [1.82, 2.24) is 20.2 Å². The molecule has 26 heavy (non-hydrogen) atoms. The fourth-order valence-electron chi connectivity index (χ4n) is 3.38. The quantitative estimate of drug-likeness (QED) is 0.908. The van der Waals surface area contributed by atoms with Crippen molar-refractivity contribution in [2.24, 2.45) is 0 Å². The van der Waals surface area contributed by atoms with E-state index in [4.69, 9.17) is 9.72 Å². The van der Waals surface area contributed by atoms with Crippen LogP contribution in [-0.2, 0) is 17.8 Å². The van der Waals surface area contributed by atoms with Crippen LogP contribution in [0, 0.1) is 5.82 Å². The Kier molecular flexibility index (Phi) is 4.79. The zero-order valence-electron chi connectivity index (χ0n) is 14.4. The number of carbonyl (C=O) groups is 1. The van der Waals surface area contributed by atoms with Crippen LogP contribution in [0.5, 0.6) is 5.75 Å². The topological polar surface area (TPSA) is 67.3 Å². The van der Waals surface area contributed by atoms with Gasteiger partial charge in [-0.15, -0.1) is 0 Å². The van der Waals surface area contributed by atoms with Crippen LogP contribution in [0.15, 0.2) is 30.5 Å². The Bertz CT molecular complexity index is 791. The lowest BCUT2D eigenvalue weighted by molar-refractivity contribution is -0.134. The van der Waals surface area contributed by atoms with Gasteiger partial charge in [0.15, 0.2) is 6.61 Å². The third-order valence-electron chi connectivity index (χ3n) is 4.85. The molecule has 0 radical (unpaired) electrons. The standard InChI is InChI=1S/C19H21FN4O2/c20-14-3-5-15(6-4-14)26-12-18(25)24-9-7-16-13(11-24)10-22-19(23-16)17-2-1-8-21-17/h3-6,10,17,21H,1-2,7-9,11-12H2/t17-/m0/s1. The Hall–Kier alpha value is -2.54. The van der Waals surface area contributed by atoms with E-state index in [0.717, 1.165) is 42.9 Å². The second kappa shape index (κ2) is 7.37. The van der Waals surface area contributed by atoms with Crippen LogP contribution in [-0.4, -0.2) is 40.5 Å². The summed E-state index contributed by atoms with van der Waals surface area (Å²) in [5, 5.41) is 3.41. The summed E-state index contributed by atoms with van der Waals surface area (Å²) in [7, 11) is 0. The molecule has 2 aromatic rings. The Morgan fingerprint density at radius 3 is 2.96 bits per heavy atom. The molecule has 1 atom stereocenters. The predicted octanol–water partition coefficient (Wildman–Crippen LogP) is 2.00. The number of hydrogen-bond donors (Lipinski definition) is 1. The number of fused-ring (bicyclic) bond motifs is 1.